The molecule has 0 heterocycles. The molecule has 16 heavy (non-hydrogen) atoms. The summed E-state index contributed by atoms with van der Waals surface area (Å²) in [4.78, 5) is 13.5. The second kappa shape index (κ2) is 5.56. The summed E-state index contributed by atoms with van der Waals surface area (Å²) in [7, 11) is 0. The van der Waals surface area contributed by atoms with Gasteiger partial charge in [-0.1, -0.05) is 12.1 Å². The van der Waals surface area contributed by atoms with Crippen LogP contribution in [0.4, 0.5) is 0 Å². The van der Waals surface area contributed by atoms with E-state index in [1.165, 1.54) is 6.08 Å². The molecule has 0 bridgehead atoms. The number of rotatable bonds is 4. The minimum Gasteiger partial charge on any atom is -0.494 e. The summed E-state index contributed by atoms with van der Waals surface area (Å²) in [5.41, 5.74) is 0.362. The summed E-state index contributed by atoms with van der Waals surface area (Å²) in [6.45, 7) is 9.16. The third-order valence-electron chi connectivity index (χ3n) is 1.83. The van der Waals surface area contributed by atoms with Crippen molar-refractivity contribution in [2.24, 2.45) is 0 Å². The van der Waals surface area contributed by atoms with E-state index in [4.69, 9.17) is 16.4 Å². The van der Waals surface area contributed by atoms with Crippen LogP contribution < -0.4 is 4.74 Å². The van der Waals surface area contributed by atoms with Gasteiger partial charge < -0.3 is 9.84 Å². The molecule has 0 spiro atoms. The van der Waals surface area contributed by atoms with E-state index >= 15 is 0 Å². The van der Waals surface area contributed by atoms with E-state index in [-0.39, 0.29) is 5.70 Å². The fourth-order valence-electron chi connectivity index (χ4n) is 1.13. The van der Waals surface area contributed by atoms with Gasteiger partial charge in [0.25, 0.3) is 5.70 Å². The molecule has 0 aliphatic carbocycles. The van der Waals surface area contributed by atoms with Crippen LogP contribution in [0.3, 0.4) is 0 Å². The first-order chi connectivity index (χ1) is 7.67. The minimum absolute atomic E-state index is 0.302. The molecule has 0 saturated carbocycles. The average molecular weight is 217 g/mol. The number of carbonyl (C=O) groups is 1. The van der Waals surface area contributed by atoms with Crippen molar-refractivity contribution in [2.75, 3.05) is 6.61 Å². The summed E-state index contributed by atoms with van der Waals surface area (Å²) >= 11 is 0. The van der Waals surface area contributed by atoms with Crippen molar-refractivity contribution in [1.29, 1.82) is 0 Å². The minimum atomic E-state index is -1.22. The molecule has 1 rings (SSSR count). The molecule has 4 nitrogen and oxygen atoms in total. The van der Waals surface area contributed by atoms with E-state index in [0.29, 0.717) is 12.2 Å². The monoisotopic (exact) mass is 217 g/mol. The van der Waals surface area contributed by atoms with Crippen LogP contribution in [0.15, 0.2) is 30.0 Å². The van der Waals surface area contributed by atoms with E-state index in [0.717, 1.165) is 5.75 Å². The molecular formula is C12H11NO3. The molecule has 0 aromatic heterocycles. The quantitative estimate of drug-likeness (QED) is 0.622. The third kappa shape index (κ3) is 3.14. The van der Waals surface area contributed by atoms with Gasteiger partial charge in [-0.2, -0.15) is 0 Å². The first-order valence-electron chi connectivity index (χ1n) is 4.72. The van der Waals surface area contributed by atoms with Gasteiger partial charge in [-0.25, -0.2) is 4.85 Å². The van der Waals surface area contributed by atoms with Crippen LogP contribution in [0.25, 0.3) is 10.9 Å². The molecule has 82 valence electrons. The fraction of sp³-hybridized carbons (Fsp3) is 0.167. The number of nitrogens with zero attached hydrogens (tertiary/aromatic N) is 1. The number of aliphatic carboxylic acids is 1. The zero-order valence-electron chi connectivity index (χ0n) is 8.80. The van der Waals surface area contributed by atoms with E-state index in [2.05, 4.69) is 4.85 Å². The number of benzene rings is 1. The van der Waals surface area contributed by atoms with Gasteiger partial charge in [0.15, 0.2) is 0 Å². The SMILES string of the molecule is [C-]#[N+]/C(=C\c1ccc(OCC)cc1)C(=O)O. The maximum atomic E-state index is 10.6. The van der Waals surface area contributed by atoms with Gasteiger partial charge in [0.05, 0.1) is 13.2 Å². The predicted molar refractivity (Wildman–Crippen MR) is 59.8 cm³/mol. The van der Waals surface area contributed by atoms with Crippen LogP contribution in [0.2, 0.25) is 0 Å². The number of carboxylic acids is 1. The summed E-state index contributed by atoms with van der Waals surface area (Å²) in [5.74, 6) is -0.497. The van der Waals surface area contributed by atoms with Gasteiger partial charge in [0.2, 0.25) is 0 Å². The van der Waals surface area contributed by atoms with Crippen LogP contribution in [-0.4, -0.2) is 17.7 Å². The maximum absolute atomic E-state index is 10.6. The van der Waals surface area contributed by atoms with Gasteiger partial charge in [-0.3, -0.25) is 4.79 Å². The van der Waals surface area contributed by atoms with Crippen LogP contribution >= 0.6 is 0 Å². The topological polar surface area (TPSA) is 50.9 Å². The summed E-state index contributed by atoms with van der Waals surface area (Å²) in [6, 6.07) is 6.88. The van der Waals surface area contributed by atoms with Crippen molar-refractivity contribution in [3.63, 3.8) is 0 Å². The Balaban J connectivity index is 2.90. The van der Waals surface area contributed by atoms with E-state index in [9.17, 15) is 4.79 Å². The normalized spacial score (nSPS) is 10.6. The highest BCUT2D eigenvalue weighted by molar-refractivity contribution is 5.94. The number of carboxylic acid groups (broad SMARTS) is 1. The molecule has 4 heteroatoms. The fourth-order valence-corrected chi connectivity index (χ4v) is 1.13. The van der Waals surface area contributed by atoms with Gasteiger partial charge in [0.1, 0.15) is 5.75 Å². The van der Waals surface area contributed by atoms with E-state index in [1.807, 2.05) is 6.92 Å². The lowest BCUT2D eigenvalue weighted by atomic mass is 10.2. The second-order valence-electron chi connectivity index (χ2n) is 2.95. The second-order valence-corrected chi connectivity index (χ2v) is 2.95. The van der Waals surface area contributed by atoms with Crippen molar-refractivity contribution in [2.45, 2.75) is 6.92 Å². The lowest BCUT2D eigenvalue weighted by Gasteiger charge is -2.02. The zero-order chi connectivity index (χ0) is 12.0. The van der Waals surface area contributed by atoms with Crippen LogP contribution in [-0.2, 0) is 4.79 Å². The molecule has 0 aliphatic heterocycles. The number of ether oxygens (including phenoxy) is 1. The van der Waals surface area contributed by atoms with Crippen molar-refractivity contribution < 1.29 is 14.6 Å². The van der Waals surface area contributed by atoms with Crippen LogP contribution in [0, 0.1) is 6.57 Å². The molecule has 1 aromatic rings. The molecular weight excluding hydrogens is 206 g/mol. The first kappa shape index (κ1) is 11.8. The van der Waals surface area contributed by atoms with Crippen molar-refractivity contribution in [1.82, 2.24) is 0 Å². The van der Waals surface area contributed by atoms with Crippen molar-refractivity contribution in [3.05, 3.63) is 46.9 Å². The predicted octanol–water partition coefficient (Wildman–Crippen LogP) is 2.43. The highest BCUT2D eigenvalue weighted by Gasteiger charge is 2.06. The maximum Gasteiger partial charge on any atom is 0.333 e. The Kier molecular flexibility index (Phi) is 4.10. The van der Waals surface area contributed by atoms with Gasteiger partial charge in [-0.15, -0.1) is 0 Å². The Morgan fingerprint density at radius 3 is 2.56 bits per heavy atom. The standard InChI is InChI=1S/C12H11NO3/c1-3-16-10-6-4-9(5-7-10)8-11(13-2)12(14)15/h4-8H,3H2,1H3,(H,14,15)/b11-8-. The summed E-state index contributed by atoms with van der Waals surface area (Å²) in [5, 5.41) is 8.67. The molecule has 1 aromatic carbocycles. The molecule has 0 radical (unpaired) electrons. The summed E-state index contributed by atoms with van der Waals surface area (Å²) < 4.78 is 5.24. The molecule has 0 unspecified atom stereocenters. The lowest BCUT2D eigenvalue weighted by Crippen LogP contribution is -1.95. The molecule has 0 atom stereocenters. The number of hydrogen-bond donors (Lipinski definition) is 1. The Hall–Kier alpha value is -2.28. The van der Waals surface area contributed by atoms with Gasteiger partial charge in [-0.05, 0) is 30.7 Å². The van der Waals surface area contributed by atoms with Crippen LogP contribution in [0.1, 0.15) is 12.5 Å². The zero-order valence-corrected chi connectivity index (χ0v) is 8.80. The average Bonchev–Trinajstić information content (AvgIpc) is 2.28. The summed E-state index contributed by atoms with van der Waals surface area (Å²) in [6.07, 6.45) is 1.32. The van der Waals surface area contributed by atoms with Gasteiger partial charge >= 0.3 is 5.97 Å². The molecule has 0 saturated heterocycles. The first-order valence-corrected chi connectivity index (χ1v) is 4.72. The number of hydrogen-bond acceptors (Lipinski definition) is 2. The molecule has 0 aliphatic rings. The Morgan fingerprint density at radius 2 is 2.12 bits per heavy atom. The van der Waals surface area contributed by atoms with Crippen LogP contribution in [0.5, 0.6) is 5.75 Å². The molecule has 0 fully saturated rings. The smallest absolute Gasteiger partial charge is 0.333 e. The molecule has 1 N–H and O–H groups in total. The molecule has 0 amide bonds. The lowest BCUT2D eigenvalue weighted by molar-refractivity contribution is -0.132. The van der Waals surface area contributed by atoms with E-state index < -0.39 is 5.97 Å². The van der Waals surface area contributed by atoms with Crippen molar-refractivity contribution in [3.8, 4) is 5.75 Å². The van der Waals surface area contributed by atoms with E-state index in [1.54, 1.807) is 24.3 Å². The highest BCUT2D eigenvalue weighted by Crippen LogP contribution is 2.14. The Labute approximate surface area is 93.6 Å². The Bertz CT molecular complexity index is 440. The highest BCUT2D eigenvalue weighted by atomic mass is 16.5. The largest absolute Gasteiger partial charge is 0.494 e. The van der Waals surface area contributed by atoms with Gasteiger partial charge in [0, 0.05) is 0 Å². The van der Waals surface area contributed by atoms with Crippen molar-refractivity contribution >= 4 is 12.0 Å². The Morgan fingerprint density at radius 1 is 1.50 bits per heavy atom. The third-order valence-corrected chi connectivity index (χ3v) is 1.83.